The largest absolute Gasteiger partial charge is 0.497 e. The molecule has 188 valence electrons. The number of hydrogen-bond donors (Lipinski definition) is 1. The molecular formula is C26H25N7O2S2. The predicted molar refractivity (Wildman–Crippen MR) is 150 cm³/mol. The number of rotatable bonds is 5. The van der Waals surface area contributed by atoms with Gasteiger partial charge in [0.2, 0.25) is 0 Å². The van der Waals surface area contributed by atoms with Crippen molar-refractivity contribution >= 4 is 65.8 Å². The second-order valence-electron chi connectivity index (χ2n) is 8.80. The Morgan fingerprint density at radius 2 is 1.81 bits per heavy atom. The number of nitrogens with zero attached hydrogens (tertiary/aromatic N) is 6. The molecule has 1 saturated heterocycles. The first-order valence-corrected chi connectivity index (χ1v) is 13.6. The van der Waals surface area contributed by atoms with Gasteiger partial charge in [-0.3, -0.25) is 10.1 Å². The lowest BCUT2D eigenvalue weighted by molar-refractivity contribution is 0.103. The van der Waals surface area contributed by atoms with Crippen molar-refractivity contribution < 1.29 is 9.53 Å². The van der Waals surface area contributed by atoms with Crippen LogP contribution in [0.25, 0.3) is 20.4 Å². The van der Waals surface area contributed by atoms with E-state index in [2.05, 4.69) is 30.1 Å². The van der Waals surface area contributed by atoms with Gasteiger partial charge in [-0.25, -0.2) is 19.9 Å². The summed E-state index contributed by atoms with van der Waals surface area (Å²) < 4.78 is 6.26. The molecule has 0 saturated carbocycles. The average Bonchev–Trinajstić information content (AvgIpc) is 3.48. The van der Waals surface area contributed by atoms with E-state index in [0.717, 1.165) is 69.6 Å². The van der Waals surface area contributed by atoms with Crippen LogP contribution in [0, 0.1) is 13.8 Å². The van der Waals surface area contributed by atoms with Gasteiger partial charge in [-0.1, -0.05) is 17.4 Å². The predicted octanol–water partition coefficient (Wildman–Crippen LogP) is 4.90. The summed E-state index contributed by atoms with van der Waals surface area (Å²) in [6, 6.07) is 11.7. The third-order valence-corrected chi connectivity index (χ3v) is 8.58. The van der Waals surface area contributed by atoms with Crippen molar-refractivity contribution in [2.45, 2.75) is 13.8 Å². The number of thiophene rings is 1. The van der Waals surface area contributed by atoms with Crippen molar-refractivity contribution in [3.05, 3.63) is 58.9 Å². The minimum atomic E-state index is -0.185. The Labute approximate surface area is 221 Å². The van der Waals surface area contributed by atoms with Gasteiger partial charge in [-0.2, -0.15) is 0 Å². The fourth-order valence-electron chi connectivity index (χ4n) is 4.59. The van der Waals surface area contributed by atoms with Crippen LogP contribution < -0.4 is 19.9 Å². The summed E-state index contributed by atoms with van der Waals surface area (Å²) in [5.41, 5.74) is 1.71. The number of pyridine rings is 1. The van der Waals surface area contributed by atoms with E-state index >= 15 is 0 Å². The molecule has 0 atom stereocenters. The molecule has 4 aromatic heterocycles. The van der Waals surface area contributed by atoms with Gasteiger partial charge >= 0.3 is 0 Å². The van der Waals surface area contributed by atoms with E-state index in [1.807, 2.05) is 56.4 Å². The van der Waals surface area contributed by atoms with Crippen molar-refractivity contribution in [2.75, 3.05) is 48.4 Å². The number of aryl methyl sites for hydroxylation is 2. The molecule has 1 aliphatic heterocycles. The molecule has 11 heteroatoms. The topological polar surface area (TPSA) is 96.4 Å². The molecule has 1 N–H and O–H groups in total. The van der Waals surface area contributed by atoms with Crippen LogP contribution >= 0.6 is 22.7 Å². The SMILES string of the molecule is COc1ccc2nc(NC(=O)c3sc4nc(C)nc(N5CCN(c6ccccn6)CC5)c4c3C)sc2c1. The molecule has 1 aromatic carbocycles. The lowest BCUT2D eigenvalue weighted by Gasteiger charge is -2.36. The normalized spacial score (nSPS) is 13.9. The second-order valence-corrected chi connectivity index (χ2v) is 10.8. The fourth-order valence-corrected chi connectivity index (χ4v) is 6.60. The van der Waals surface area contributed by atoms with Gasteiger partial charge in [0.25, 0.3) is 5.91 Å². The summed E-state index contributed by atoms with van der Waals surface area (Å²) in [5, 5.41) is 4.49. The number of piperazine rings is 1. The molecule has 9 nitrogen and oxygen atoms in total. The quantitative estimate of drug-likeness (QED) is 0.342. The standard InChI is InChI=1S/C26H25N7O2S2/c1-15-21-23(33-12-10-32(11-13-33)20-6-4-5-9-27-20)28-16(2)29-25(21)37-22(15)24(34)31-26-30-18-8-7-17(35-3)14-19(18)36-26/h4-9,14H,10-13H2,1-3H3,(H,30,31,34). The molecule has 0 aliphatic carbocycles. The zero-order chi connectivity index (χ0) is 25.5. The highest BCUT2D eigenvalue weighted by Gasteiger charge is 2.26. The van der Waals surface area contributed by atoms with Crippen molar-refractivity contribution in [2.24, 2.45) is 0 Å². The lowest BCUT2D eigenvalue weighted by Crippen LogP contribution is -2.47. The molecule has 1 fully saturated rings. The molecule has 0 spiro atoms. The number of benzene rings is 1. The second kappa shape index (κ2) is 9.56. The maximum atomic E-state index is 13.3. The molecule has 0 unspecified atom stereocenters. The van der Waals surface area contributed by atoms with Gasteiger partial charge < -0.3 is 14.5 Å². The minimum absolute atomic E-state index is 0.185. The molecule has 5 heterocycles. The summed E-state index contributed by atoms with van der Waals surface area (Å²) in [7, 11) is 1.63. The number of ether oxygens (including phenoxy) is 1. The summed E-state index contributed by atoms with van der Waals surface area (Å²) in [6.45, 7) is 7.20. The van der Waals surface area contributed by atoms with Crippen LogP contribution in [0.5, 0.6) is 5.75 Å². The first-order valence-electron chi connectivity index (χ1n) is 11.9. The van der Waals surface area contributed by atoms with Crippen LogP contribution in [-0.2, 0) is 0 Å². The number of fused-ring (bicyclic) bond motifs is 2. The highest BCUT2D eigenvalue weighted by atomic mass is 32.1. The van der Waals surface area contributed by atoms with E-state index in [1.54, 1.807) is 7.11 Å². The number of carbonyl (C=O) groups is 1. The van der Waals surface area contributed by atoms with Crippen LogP contribution in [0.1, 0.15) is 21.1 Å². The van der Waals surface area contributed by atoms with E-state index in [1.165, 1.54) is 22.7 Å². The van der Waals surface area contributed by atoms with Crippen LogP contribution in [0.2, 0.25) is 0 Å². The summed E-state index contributed by atoms with van der Waals surface area (Å²) in [6.07, 6.45) is 1.82. The van der Waals surface area contributed by atoms with Gasteiger partial charge in [0.1, 0.15) is 28.0 Å². The Morgan fingerprint density at radius 1 is 1.00 bits per heavy atom. The Bertz CT molecular complexity index is 1610. The highest BCUT2D eigenvalue weighted by Crippen LogP contribution is 2.37. The third-order valence-electron chi connectivity index (χ3n) is 6.46. The number of anilines is 3. The minimum Gasteiger partial charge on any atom is -0.497 e. The maximum Gasteiger partial charge on any atom is 0.267 e. The van der Waals surface area contributed by atoms with Crippen LogP contribution in [0.4, 0.5) is 16.8 Å². The van der Waals surface area contributed by atoms with Crippen molar-refractivity contribution in [1.82, 2.24) is 19.9 Å². The van der Waals surface area contributed by atoms with Gasteiger partial charge in [-0.05, 0) is 49.7 Å². The molecule has 1 aliphatic rings. The van der Waals surface area contributed by atoms with E-state index in [0.29, 0.717) is 15.8 Å². The molecule has 1 amide bonds. The molecule has 37 heavy (non-hydrogen) atoms. The Balaban J connectivity index is 1.27. The van der Waals surface area contributed by atoms with E-state index in [4.69, 9.17) is 9.72 Å². The smallest absolute Gasteiger partial charge is 0.267 e. The Hall–Kier alpha value is -3.83. The van der Waals surface area contributed by atoms with Crippen LogP contribution in [0.15, 0.2) is 42.6 Å². The van der Waals surface area contributed by atoms with Gasteiger partial charge in [0, 0.05) is 32.4 Å². The lowest BCUT2D eigenvalue weighted by atomic mass is 10.1. The first-order chi connectivity index (χ1) is 18.0. The molecule has 0 radical (unpaired) electrons. The van der Waals surface area contributed by atoms with Gasteiger partial charge in [0.15, 0.2) is 5.13 Å². The number of amides is 1. The zero-order valence-electron chi connectivity index (χ0n) is 20.7. The number of nitrogens with one attached hydrogen (secondary N) is 1. The van der Waals surface area contributed by atoms with Crippen molar-refractivity contribution in [1.29, 1.82) is 0 Å². The van der Waals surface area contributed by atoms with Crippen molar-refractivity contribution in [3.63, 3.8) is 0 Å². The molecule has 5 aromatic rings. The molecule has 6 rings (SSSR count). The monoisotopic (exact) mass is 531 g/mol. The van der Waals surface area contributed by atoms with Crippen molar-refractivity contribution in [3.8, 4) is 5.75 Å². The van der Waals surface area contributed by atoms with E-state index in [-0.39, 0.29) is 5.91 Å². The highest BCUT2D eigenvalue weighted by molar-refractivity contribution is 7.23. The average molecular weight is 532 g/mol. The number of aromatic nitrogens is 4. The number of carbonyl (C=O) groups excluding carboxylic acids is 1. The number of methoxy groups -OCH3 is 1. The summed E-state index contributed by atoms with van der Waals surface area (Å²) in [4.78, 5) is 37.9. The fraction of sp³-hybridized carbons (Fsp3) is 0.269. The summed E-state index contributed by atoms with van der Waals surface area (Å²) in [5.74, 6) is 3.16. The third kappa shape index (κ3) is 4.44. The number of hydrogen-bond acceptors (Lipinski definition) is 10. The Kier molecular flexibility index (Phi) is 6.09. The molecular weight excluding hydrogens is 506 g/mol. The first kappa shape index (κ1) is 23.6. The van der Waals surface area contributed by atoms with E-state index in [9.17, 15) is 4.79 Å². The van der Waals surface area contributed by atoms with Gasteiger partial charge in [-0.15, -0.1) is 11.3 Å². The van der Waals surface area contributed by atoms with Gasteiger partial charge in [0.05, 0.1) is 27.6 Å². The van der Waals surface area contributed by atoms with Crippen LogP contribution in [0.3, 0.4) is 0 Å². The van der Waals surface area contributed by atoms with E-state index < -0.39 is 0 Å². The number of thiazole rings is 1. The zero-order valence-corrected chi connectivity index (χ0v) is 22.3. The maximum absolute atomic E-state index is 13.3. The van der Waals surface area contributed by atoms with Crippen LogP contribution in [-0.4, -0.2) is 59.1 Å². The Morgan fingerprint density at radius 3 is 2.57 bits per heavy atom. The summed E-state index contributed by atoms with van der Waals surface area (Å²) >= 11 is 2.83. The molecule has 0 bridgehead atoms.